The molecule has 0 aliphatic carbocycles. The van der Waals surface area contributed by atoms with Crippen molar-refractivity contribution in [1.29, 1.82) is 0 Å². The number of aromatic nitrogens is 4. The predicted molar refractivity (Wildman–Crippen MR) is 165 cm³/mol. The van der Waals surface area contributed by atoms with Crippen molar-refractivity contribution < 1.29 is 70.1 Å². The maximum absolute atomic E-state index is 12.7. The third-order valence-corrected chi connectivity index (χ3v) is 11.9. The molecule has 3 aliphatic heterocycles. The molecule has 1 aromatic carbocycles. The summed E-state index contributed by atoms with van der Waals surface area (Å²) in [5.41, 5.74) is 3.67. The van der Waals surface area contributed by atoms with Crippen molar-refractivity contribution >= 4 is 29.3 Å². The fourth-order valence-electron chi connectivity index (χ4n) is 5.43. The van der Waals surface area contributed by atoms with Crippen LogP contribution in [-0.2, 0) is 50.3 Å². The molecule has 6 rings (SSSR count). The maximum atomic E-state index is 12.7. The highest BCUT2D eigenvalue weighted by Crippen LogP contribution is 2.68. The minimum atomic E-state index is -5.91. The summed E-state index contributed by atoms with van der Waals surface area (Å²) >= 11 is 0. The van der Waals surface area contributed by atoms with Crippen LogP contribution < -0.4 is 22.7 Å². The van der Waals surface area contributed by atoms with E-state index in [1.54, 1.807) is 30.3 Å². The van der Waals surface area contributed by atoms with Crippen LogP contribution in [-0.4, -0.2) is 82.6 Å². The summed E-state index contributed by atoms with van der Waals surface area (Å²) in [4.78, 5) is 72.1. The largest absolute Gasteiger partial charge is 0.490 e. The van der Waals surface area contributed by atoms with Gasteiger partial charge in [-0.25, -0.2) is 23.3 Å². The molecule has 0 amide bonds. The van der Waals surface area contributed by atoms with Gasteiger partial charge in [-0.15, -0.1) is 0 Å². The molecule has 26 heteroatoms. The molecule has 5 heterocycles. The first-order valence-corrected chi connectivity index (χ1v) is 19.2. The first-order valence-electron chi connectivity index (χ1n) is 14.7. The van der Waals surface area contributed by atoms with Crippen LogP contribution in [0.1, 0.15) is 30.7 Å². The van der Waals surface area contributed by atoms with E-state index in [4.69, 9.17) is 29.2 Å². The van der Waals surface area contributed by atoms with Crippen molar-refractivity contribution in [3.05, 3.63) is 91.7 Å². The second kappa shape index (κ2) is 14.7. The van der Waals surface area contributed by atoms with Gasteiger partial charge in [0.25, 0.3) is 5.56 Å². The number of ether oxygens (including phenoxy) is 4. The van der Waals surface area contributed by atoms with Crippen molar-refractivity contribution in [2.75, 3.05) is 18.9 Å². The molecule has 3 aliphatic rings. The molecule has 7 N–H and O–H groups in total. The fourth-order valence-corrected chi connectivity index (χ4v) is 8.95. The third kappa shape index (κ3) is 8.88. The Bertz CT molecular complexity index is 2060. The summed E-state index contributed by atoms with van der Waals surface area (Å²) in [5.74, 6) is -0.0641. The van der Waals surface area contributed by atoms with Gasteiger partial charge in [0.2, 0.25) is 0 Å². The Kier molecular flexibility index (Phi) is 10.8. The number of aromatic amines is 1. The summed E-state index contributed by atoms with van der Waals surface area (Å²) in [6.45, 7) is -1.80. The number of nitrogens with one attached hydrogen (secondary N) is 1. The van der Waals surface area contributed by atoms with Gasteiger partial charge in [-0.2, -0.15) is 13.6 Å². The summed E-state index contributed by atoms with van der Waals surface area (Å²) in [6, 6.07) is 10.9. The number of nitrogens with two attached hydrogens (primary N) is 1. The number of hydrogen-bond donors (Lipinski definition) is 6. The highest BCUT2D eigenvalue weighted by molar-refractivity contribution is 7.66. The van der Waals surface area contributed by atoms with Gasteiger partial charge in [-0.05, 0) is 6.07 Å². The Morgan fingerprint density at radius 1 is 0.824 bits per heavy atom. The van der Waals surface area contributed by atoms with E-state index in [2.05, 4.69) is 23.1 Å². The van der Waals surface area contributed by atoms with Crippen molar-refractivity contribution in [1.82, 2.24) is 19.1 Å². The SMILES string of the molecule is Nc1ccn([C@H]2C[C@H](O)[C@@H](COP(=O)(O)OP(=O)(O)OP(=O)(O)OC[C@H]3O[C@@H](n4ccc(=O)[nH]c4=O)[C@@H]4OC(c5ccccc5)O[C@@H]43)O2)c(=O)n1. The number of phosphoric ester groups is 2. The van der Waals surface area contributed by atoms with E-state index in [0.717, 1.165) is 21.4 Å². The van der Waals surface area contributed by atoms with Crippen LogP contribution in [0.4, 0.5) is 5.82 Å². The van der Waals surface area contributed by atoms with E-state index in [9.17, 15) is 47.9 Å². The minimum Gasteiger partial charge on any atom is -0.390 e. The molecule has 3 fully saturated rings. The number of nitrogens with zero attached hydrogens (tertiary/aromatic N) is 3. The average Bonchev–Trinajstić information content (AvgIpc) is 3.72. The van der Waals surface area contributed by atoms with E-state index < -0.39 is 103 Å². The Balaban J connectivity index is 1.06. The minimum absolute atomic E-state index is 0.0641. The third-order valence-electron chi connectivity index (χ3n) is 7.63. The standard InChI is InChI=1S/C25H30N5O18P3/c26-17-6-8-29(24(33)27-17)19-10-14(31)15(43-19)11-41-49(35,36)47-51(39,40)48-50(37,38)42-12-16-20-21(46-23(45-20)13-4-2-1-3-5-13)22(44-16)30-9-7-18(32)28-25(30)34/h1-9,14-16,19-23,31H,10-12H2,(H,35,36)(H,37,38)(H,39,40)(H2,26,27,33)(H,28,32,34)/t14-,15+,16+,19+,20+,21+,22+,23?/m0/s1. The number of fused-ring (bicyclic) bond motifs is 1. The number of hydrogen-bond acceptors (Lipinski definition) is 17. The molecule has 23 nitrogen and oxygen atoms in total. The van der Waals surface area contributed by atoms with Crippen LogP contribution in [0.2, 0.25) is 0 Å². The molecule has 51 heavy (non-hydrogen) atoms. The average molecular weight is 781 g/mol. The molecule has 0 radical (unpaired) electrons. The van der Waals surface area contributed by atoms with Gasteiger partial charge in [0.05, 0.1) is 19.3 Å². The van der Waals surface area contributed by atoms with Crippen molar-refractivity contribution in [3.8, 4) is 0 Å². The molecule has 3 saturated heterocycles. The molecule has 4 unspecified atom stereocenters. The second-order valence-electron chi connectivity index (χ2n) is 11.2. The Hall–Kier alpha value is -3.21. The van der Waals surface area contributed by atoms with Crippen molar-refractivity contribution in [2.45, 2.75) is 55.7 Å². The lowest BCUT2D eigenvalue weighted by Crippen LogP contribution is -2.36. The Morgan fingerprint density at radius 2 is 1.45 bits per heavy atom. The van der Waals surface area contributed by atoms with Gasteiger partial charge in [-0.3, -0.25) is 28.0 Å². The first kappa shape index (κ1) is 37.5. The lowest BCUT2D eigenvalue weighted by atomic mass is 10.1. The zero-order valence-electron chi connectivity index (χ0n) is 25.7. The van der Waals surface area contributed by atoms with Gasteiger partial charge < -0.3 is 44.5 Å². The number of aliphatic hydroxyl groups excluding tert-OH is 1. The fraction of sp³-hybridized carbons (Fsp3) is 0.440. The molecule has 2 aromatic heterocycles. The van der Waals surface area contributed by atoms with Crippen molar-refractivity contribution in [3.63, 3.8) is 0 Å². The lowest BCUT2D eigenvalue weighted by Gasteiger charge is -2.23. The van der Waals surface area contributed by atoms with Crippen molar-refractivity contribution in [2.24, 2.45) is 0 Å². The molecule has 278 valence electrons. The predicted octanol–water partition coefficient (Wildman–Crippen LogP) is -0.228. The van der Waals surface area contributed by atoms with E-state index in [-0.39, 0.29) is 12.2 Å². The van der Waals surface area contributed by atoms with Gasteiger partial charge in [0.1, 0.15) is 36.5 Å². The number of aliphatic hydroxyl groups is 1. The normalized spacial score (nSPS) is 31.1. The van der Waals surface area contributed by atoms with E-state index >= 15 is 0 Å². The lowest BCUT2D eigenvalue weighted by molar-refractivity contribution is -0.154. The molecular formula is C25H30N5O18P3. The van der Waals surface area contributed by atoms with Crippen LogP contribution in [0.3, 0.4) is 0 Å². The van der Waals surface area contributed by atoms with Crippen LogP contribution in [0.15, 0.2) is 69.2 Å². The van der Waals surface area contributed by atoms with Crippen LogP contribution >= 0.6 is 23.5 Å². The van der Waals surface area contributed by atoms with Gasteiger partial charge in [-0.1, -0.05) is 30.3 Å². The van der Waals surface area contributed by atoms with Crippen LogP contribution in [0, 0.1) is 0 Å². The second-order valence-corrected chi connectivity index (χ2v) is 15.8. The topological polar surface area (TPSA) is 322 Å². The Morgan fingerprint density at radius 3 is 2.10 bits per heavy atom. The summed E-state index contributed by atoms with van der Waals surface area (Å²) in [6.07, 6.45) is -7.16. The molecule has 0 saturated carbocycles. The van der Waals surface area contributed by atoms with Gasteiger partial charge >= 0.3 is 34.8 Å². The maximum Gasteiger partial charge on any atom is 0.490 e. The summed E-state index contributed by atoms with van der Waals surface area (Å²) in [5, 5.41) is 10.3. The monoisotopic (exact) mass is 781 g/mol. The number of rotatable bonds is 13. The van der Waals surface area contributed by atoms with Crippen LogP contribution in [0.5, 0.6) is 0 Å². The molecule has 3 aromatic rings. The molecule has 0 spiro atoms. The number of benzene rings is 1. The zero-order valence-corrected chi connectivity index (χ0v) is 28.4. The Labute approximate surface area is 284 Å². The van der Waals surface area contributed by atoms with Gasteiger partial charge in [0, 0.05) is 30.4 Å². The van der Waals surface area contributed by atoms with Crippen LogP contribution in [0.25, 0.3) is 0 Å². The molecular weight excluding hydrogens is 751 g/mol. The van der Waals surface area contributed by atoms with E-state index in [1.807, 2.05) is 0 Å². The van der Waals surface area contributed by atoms with E-state index in [0.29, 0.717) is 5.56 Å². The summed E-state index contributed by atoms with van der Waals surface area (Å²) in [7, 11) is -17.1. The summed E-state index contributed by atoms with van der Waals surface area (Å²) < 4.78 is 80.6. The smallest absolute Gasteiger partial charge is 0.390 e. The number of phosphoric acid groups is 3. The highest BCUT2D eigenvalue weighted by atomic mass is 31.3. The quantitative estimate of drug-likeness (QED) is 0.122. The highest BCUT2D eigenvalue weighted by Gasteiger charge is 2.55. The number of anilines is 1. The number of nitrogen functional groups attached to an aromatic ring is 1. The zero-order chi connectivity index (χ0) is 36.7. The first-order chi connectivity index (χ1) is 24.0. The van der Waals surface area contributed by atoms with E-state index in [1.165, 1.54) is 12.3 Å². The van der Waals surface area contributed by atoms with Gasteiger partial charge in [0.15, 0.2) is 12.5 Å². The molecule has 0 bridgehead atoms. The number of H-pyrrole nitrogens is 1. The molecule has 11 atom stereocenters.